The Morgan fingerprint density at radius 2 is 2.21 bits per heavy atom. The third-order valence-electron chi connectivity index (χ3n) is 2.58. The van der Waals surface area contributed by atoms with E-state index >= 15 is 0 Å². The molecule has 1 aromatic carbocycles. The number of aliphatic imine (C=N–C) groups is 1. The summed E-state index contributed by atoms with van der Waals surface area (Å²) < 4.78 is 0. The van der Waals surface area contributed by atoms with Crippen LogP contribution in [0.15, 0.2) is 23.2 Å². The van der Waals surface area contributed by atoms with Crippen molar-refractivity contribution in [3.8, 4) is 0 Å². The fourth-order valence-corrected chi connectivity index (χ4v) is 1.89. The van der Waals surface area contributed by atoms with Crippen LogP contribution >= 0.6 is 0 Å². The molecule has 1 aromatic rings. The van der Waals surface area contributed by atoms with E-state index in [1.807, 2.05) is 0 Å². The van der Waals surface area contributed by atoms with Crippen LogP contribution < -0.4 is 10.6 Å². The highest BCUT2D eigenvalue weighted by molar-refractivity contribution is 5.92. The van der Waals surface area contributed by atoms with E-state index in [2.05, 4.69) is 39.9 Å². The quantitative estimate of drug-likeness (QED) is 0.649. The third kappa shape index (κ3) is 1.02. The molecule has 3 nitrogen and oxygen atoms in total. The fourth-order valence-electron chi connectivity index (χ4n) is 1.89. The molecule has 3 rings (SSSR count). The van der Waals surface area contributed by atoms with Crippen LogP contribution in [0.2, 0.25) is 0 Å². The summed E-state index contributed by atoms with van der Waals surface area (Å²) in [5, 5.41) is 6.58. The van der Waals surface area contributed by atoms with Crippen molar-refractivity contribution in [2.75, 3.05) is 17.2 Å². The van der Waals surface area contributed by atoms with Crippen LogP contribution in [-0.4, -0.2) is 12.9 Å². The Morgan fingerprint density at radius 1 is 1.21 bits per heavy atom. The molecule has 3 heteroatoms. The lowest BCUT2D eigenvalue weighted by molar-refractivity contribution is 1.06. The zero-order chi connectivity index (χ0) is 9.38. The van der Waals surface area contributed by atoms with Gasteiger partial charge in [-0.15, -0.1) is 0 Å². The summed E-state index contributed by atoms with van der Waals surface area (Å²) in [7, 11) is 0. The van der Waals surface area contributed by atoms with Crippen molar-refractivity contribution in [2.45, 2.75) is 6.54 Å². The molecule has 0 bridgehead atoms. The van der Waals surface area contributed by atoms with Crippen LogP contribution in [0.4, 0.5) is 11.4 Å². The molecule has 70 valence electrons. The van der Waals surface area contributed by atoms with Gasteiger partial charge in [-0.1, -0.05) is 24.3 Å². The molecule has 14 heavy (non-hydrogen) atoms. The molecule has 0 amide bonds. The van der Waals surface area contributed by atoms with E-state index in [4.69, 9.17) is 0 Å². The first-order valence-electron chi connectivity index (χ1n) is 4.76. The van der Waals surface area contributed by atoms with Crippen molar-refractivity contribution >= 4 is 23.8 Å². The maximum atomic E-state index is 4.19. The number of hydrogen-bond acceptors (Lipinski definition) is 3. The number of benzene rings is 1. The number of nitrogens with zero attached hydrogens (tertiary/aromatic N) is 1. The lowest BCUT2D eigenvalue weighted by Crippen LogP contribution is -2.12. The van der Waals surface area contributed by atoms with Crippen molar-refractivity contribution in [3.05, 3.63) is 29.3 Å². The van der Waals surface area contributed by atoms with Gasteiger partial charge in [-0.2, -0.15) is 0 Å². The molecule has 2 aliphatic rings. The van der Waals surface area contributed by atoms with E-state index < -0.39 is 0 Å². The van der Waals surface area contributed by atoms with Gasteiger partial charge in [-0.05, 0) is 11.1 Å². The van der Waals surface area contributed by atoms with Crippen molar-refractivity contribution in [3.63, 3.8) is 0 Å². The first-order chi connectivity index (χ1) is 6.95. The fraction of sp³-hybridized carbons (Fsp3) is 0.182. The monoisotopic (exact) mass is 185 g/mol. The highest BCUT2D eigenvalue weighted by atomic mass is 15.0. The predicted molar refractivity (Wildman–Crippen MR) is 59.8 cm³/mol. The normalized spacial score (nSPS) is 16.6. The summed E-state index contributed by atoms with van der Waals surface area (Å²) in [6.07, 6.45) is 6.05. The first kappa shape index (κ1) is 7.62. The van der Waals surface area contributed by atoms with Gasteiger partial charge < -0.3 is 10.6 Å². The molecule has 0 atom stereocenters. The average Bonchev–Trinajstić information content (AvgIpc) is 2.29. The topological polar surface area (TPSA) is 36.4 Å². The Bertz CT molecular complexity index is 432. The highest BCUT2D eigenvalue weighted by Gasteiger charge is 2.14. The van der Waals surface area contributed by atoms with Crippen molar-refractivity contribution in [1.82, 2.24) is 0 Å². The molecular formula is C11H11N3. The third-order valence-corrected chi connectivity index (χ3v) is 2.58. The van der Waals surface area contributed by atoms with Crippen LogP contribution in [0.25, 0.3) is 6.08 Å². The molecule has 0 fully saturated rings. The minimum atomic E-state index is 0.779. The summed E-state index contributed by atoms with van der Waals surface area (Å²) in [4.78, 5) is 4.19. The van der Waals surface area contributed by atoms with Gasteiger partial charge in [0.15, 0.2) is 0 Å². The Hall–Kier alpha value is -1.77. The smallest absolute Gasteiger partial charge is 0.0872 e. The number of rotatable bonds is 0. The molecule has 2 heterocycles. The van der Waals surface area contributed by atoms with E-state index in [9.17, 15) is 0 Å². The average molecular weight is 185 g/mol. The molecule has 0 saturated heterocycles. The molecular weight excluding hydrogens is 174 g/mol. The zero-order valence-electron chi connectivity index (χ0n) is 7.75. The summed E-state index contributed by atoms with van der Waals surface area (Å²) in [6, 6.07) is 4.27. The van der Waals surface area contributed by atoms with Crippen LogP contribution in [0.1, 0.15) is 11.1 Å². The molecule has 0 saturated carbocycles. The maximum absolute atomic E-state index is 4.19. The van der Waals surface area contributed by atoms with E-state index in [-0.39, 0.29) is 0 Å². The molecule has 0 spiro atoms. The van der Waals surface area contributed by atoms with Crippen LogP contribution in [0.3, 0.4) is 0 Å². The summed E-state index contributed by atoms with van der Waals surface area (Å²) in [5.41, 5.74) is 4.89. The van der Waals surface area contributed by atoms with Crippen molar-refractivity contribution in [1.29, 1.82) is 0 Å². The number of fused-ring (bicyclic) bond motifs is 3. The molecule has 0 radical (unpaired) electrons. The van der Waals surface area contributed by atoms with Crippen molar-refractivity contribution in [2.24, 2.45) is 4.99 Å². The van der Waals surface area contributed by atoms with Crippen molar-refractivity contribution < 1.29 is 0 Å². The van der Waals surface area contributed by atoms with E-state index in [0.717, 1.165) is 13.1 Å². The number of anilines is 2. The van der Waals surface area contributed by atoms with Gasteiger partial charge in [-0.25, -0.2) is 0 Å². The summed E-state index contributed by atoms with van der Waals surface area (Å²) >= 11 is 0. The van der Waals surface area contributed by atoms with Crippen LogP contribution in [0, 0.1) is 0 Å². The minimum Gasteiger partial charge on any atom is -0.379 e. The van der Waals surface area contributed by atoms with E-state index in [1.165, 1.54) is 22.5 Å². The number of nitrogens with one attached hydrogen (secondary N) is 2. The van der Waals surface area contributed by atoms with Gasteiger partial charge in [0.25, 0.3) is 0 Å². The van der Waals surface area contributed by atoms with E-state index in [0.29, 0.717) is 0 Å². The minimum absolute atomic E-state index is 0.779. The molecule has 0 unspecified atom stereocenters. The Labute approximate surface area is 82.5 Å². The standard InChI is InChI=1S/C11H11N3/c1-2-8-3-4-9-6-12-7-14-11(9)10(8)13-5-1/h1-4,7,13H,5-6H2,(H,12,14). The Balaban J connectivity index is 2.20. The van der Waals surface area contributed by atoms with Gasteiger partial charge >= 0.3 is 0 Å². The van der Waals surface area contributed by atoms with Crippen LogP contribution in [0.5, 0.6) is 0 Å². The van der Waals surface area contributed by atoms with Crippen LogP contribution in [-0.2, 0) is 6.54 Å². The SMILES string of the molecule is C1=Cc2ccc3c(c2NC1)NC=NC3. The van der Waals surface area contributed by atoms with Gasteiger partial charge in [0.1, 0.15) is 0 Å². The van der Waals surface area contributed by atoms with Gasteiger partial charge in [-0.3, -0.25) is 4.99 Å². The molecule has 2 aliphatic heterocycles. The predicted octanol–water partition coefficient (Wildman–Crippen LogP) is 2.08. The van der Waals surface area contributed by atoms with Gasteiger partial charge in [0.05, 0.1) is 24.3 Å². The second-order valence-electron chi connectivity index (χ2n) is 3.46. The lowest BCUT2D eigenvalue weighted by atomic mass is 10.0. The molecule has 0 aromatic heterocycles. The highest BCUT2D eigenvalue weighted by Crippen LogP contribution is 2.34. The maximum Gasteiger partial charge on any atom is 0.0872 e. The van der Waals surface area contributed by atoms with Gasteiger partial charge in [0.2, 0.25) is 0 Å². The number of hydrogen-bond donors (Lipinski definition) is 2. The Morgan fingerprint density at radius 3 is 3.21 bits per heavy atom. The second-order valence-corrected chi connectivity index (χ2v) is 3.46. The first-order valence-corrected chi connectivity index (χ1v) is 4.76. The molecule has 2 N–H and O–H groups in total. The largest absolute Gasteiger partial charge is 0.379 e. The lowest BCUT2D eigenvalue weighted by Gasteiger charge is -2.21. The summed E-state index contributed by atoms with van der Waals surface area (Å²) in [5.74, 6) is 0. The van der Waals surface area contributed by atoms with E-state index in [1.54, 1.807) is 6.34 Å². The zero-order valence-corrected chi connectivity index (χ0v) is 7.75. The second kappa shape index (κ2) is 2.87. The molecule has 0 aliphatic carbocycles. The van der Waals surface area contributed by atoms with Gasteiger partial charge in [0, 0.05) is 6.54 Å². The summed E-state index contributed by atoms with van der Waals surface area (Å²) in [6.45, 7) is 1.68. The Kier molecular flexibility index (Phi) is 1.56.